The quantitative estimate of drug-likeness (QED) is 0.449. The van der Waals surface area contributed by atoms with E-state index in [1.165, 1.54) is 0 Å². The fraction of sp³-hybridized carbons (Fsp3) is 0.435. The topological polar surface area (TPSA) is 56.8 Å². The lowest BCUT2D eigenvalue weighted by Gasteiger charge is -2.15. The third-order valence-electron chi connectivity index (χ3n) is 4.43. The zero-order valence-electron chi connectivity index (χ0n) is 17.6. The molecule has 0 spiro atoms. The van der Waals surface area contributed by atoms with Gasteiger partial charge in [-0.3, -0.25) is 4.79 Å². The van der Waals surface area contributed by atoms with E-state index < -0.39 is 0 Å². The largest absolute Gasteiger partial charge is 0.493 e. The monoisotopic (exact) mass is 463 g/mol. The van der Waals surface area contributed by atoms with Gasteiger partial charge in [0.2, 0.25) is 0 Å². The standard InChI is InChI=1S/C23H30BrNO4/c1-5-6-11-28-21-9-7-17(12-22(21)27-4)14-25-23(26)15-29-20-10-8-18(24)13-19(20)16(2)3/h7-10,12-13,16H,5-6,11,14-15H2,1-4H3,(H,25,26). The maximum atomic E-state index is 12.2. The van der Waals surface area contributed by atoms with Crippen LogP contribution in [0.1, 0.15) is 50.7 Å². The van der Waals surface area contributed by atoms with Crippen molar-refractivity contribution in [2.75, 3.05) is 20.3 Å². The number of amides is 1. The molecule has 6 heteroatoms. The third-order valence-corrected chi connectivity index (χ3v) is 4.92. The van der Waals surface area contributed by atoms with Crippen LogP contribution in [-0.2, 0) is 11.3 Å². The number of ether oxygens (including phenoxy) is 3. The van der Waals surface area contributed by atoms with Crippen molar-refractivity contribution in [3.05, 3.63) is 52.0 Å². The summed E-state index contributed by atoms with van der Waals surface area (Å²) >= 11 is 3.48. The lowest BCUT2D eigenvalue weighted by Crippen LogP contribution is -2.28. The summed E-state index contributed by atoms with van der Waals surface area (Å²) in [4.78, 5) is 12.2. The summed E-state index contributed by atoms with van der Waals surface area (Å²) in [5, 5.41) is 2.88. The van der Waals surface area contributed by atoms with Gasteiger partial charge < -0.3 is 19.5 Å². The Bertz CT molecular complexity index is 807. The van der Waals surface area contributed by atoms with Crippen molar-refractivity contribution in [2.45, 2.75) is 46.1 Å². The van der Waals surface area contributed by atoms with Crippen LogP contribution in [0.25, 0.3) is 0 Å². The molecule has 0 aliphatic carbocycles. The highest BCUT2D eigenvalue weighted by Gasteiger charge is 2.11. The van der Waals surface area contributed by atoms with Gasteiger partial charge in [0, 0.05) is 11.0 Å². The summed E-state index contributed by atoms with van der Waals surface area (Å²) in [6.07, 6.45) is 2.07. The molecular formula is C23H30BrNO4. The molecule has 1 amide bonds. The van der Waals surface area contributed by atoms with Gasteiger partial charge in [0.05, 0.1) is 13.7 Å². The highest BCUT2D eigenvalue weighted by atomic mass is 79.9. The maximum absolute atomic E-state index is 12.2. The molecule has 2 rings (SSSR count). The van der Waals surface area contributed by atoms with E-state index in [0.29, 0.717) is 24.8 Å². The van der Waals surface area contributed by atoms with Gasteiger partial charge in [-0.25, -0.2) is 0 Å². The summed E-state index contributed by atoms with van der Waals surface area (Å²) in [5.74, 6) is 2.24. The summed E-state index contributed by atoms with van der Waals surface area (Å²) in [5.41, 5.74) is 2.00. The molecule has 2 aromatic carbocycles. The molecular weight excluding hydrogens is 434 g/mol. The van der Waals surface area contributed by atoms with Gasteiger partial charge in [-0.2, -0.15) is 0 Å². The second-order valence-electron chi connectivity index (χ2n) is 7.09. The van der Waals surface area contributed by atoms with Crippen molar-refractivity contribution in [3.8, 4) is 17.2 Å². The average Bonchev–Trinajstić information content (AvgIpc) is 2.71. The number of nitrogens with one attached hydrogen (secondary N) is 1. The normalized spacial score (nSPS) is 10.7. The number of hydrogen-bond acceptors (Lipinski definition) is 4. The molecule has 0 unspecified atom stereocenters. The third kappa shape index (κ3) is 7.28. The number of benzene rings is 2. The molecule has 0 heterocycles. The Hall–Kier alpha value is -2.21. The Labute approximate surface area is 181 Å². The van der Waals surface area contributed by atoms with E-state index in [1.54, 1.807) is 7.11 Å². The SMILES string of the molecule is CCCCOc1ccc(CNC(=O)COc2ccc(Br)cc2C(C)C)cc1OC. The molecule has 29 heavy (non-hydrogen) atoms. The van der Waals surface area contributed by atoms with E-state index in [0.717, 1.165) is 39.9 Å². The number of carbonyl (C=O) groups is 1. The van der Waals surface area contributed by atoms with Crippen LogP contribution < -0.4 is 19.5 Å². The Kier molecular flexibility index (Phi) is 9.32. The minimum atomic E-state index is -0.176. The minimum absolute atomic E-state index is 0.0311. The van der Waals surface area contributed by atoms with Crippen LogP contribution in [0, 0.1) is 0 Å². The molecule has 0 saturated heterocycles. The van der Waals surface area contributed by atoms with E-state index in [-0.39, 0.29) is 12.5 Å². The average molecular weight is 464 g/mol. The van der Waals surface area contributed by atoms with Gasteiger partial charge >= 0.3 is 0 Å². The first-order chi connectivity index (χ1) is 13.9. The van der Waals surface area contributed by atoms with Crippen LogP contribution in [-0.4, -0.2) is 26.2 Å². The predicted octanol–water partition coefficient (Wildman–Crippen LogP) is 5.46. The van der Waals surface area contributed by atoms with Crippen LogP contribution in [0.3, 0.4) is 0 Å². The molecule has 0 radical (unpaired) electrons. The zero-order valence-corrected chi connectivity index (χ0v) is 19.2. The highest BCUT2D eigenvalue weighted by molar-refractivity contribution is 9.10. The molecule has 1 N–H and O–H groups in total. The Balaban J connectivity index is 1.89. The second kappa shape index (κ2) is 11.7. The first-order valence-corrected chi connectivity index (χ1v) is 10.7. The number of methoxy groups -OCH3 is 1. The molecule has 0 atom stereocenters. The van der Waals surface area contributed by atoms with Gasteiger partial charge in [0.15, 0.2) is 18.1 Å². The molecule has 0 aromatic heterocycles. The summed E-state index contributed by atoms with van der Waals surface area (Å²) in [6.45, 7) is 7.34. The van der Waals surface area contributed by atoms with E-state index in [9.17, 15) is 4.79 Å². The number of rotatable bonds is 11. The van der Waals surface area contributed by atoms with Crippen LogP contribution in [0.15, 0.2) is 40.9 Å². The summed E-state index contributed by atoms with van der Waals surface area (Å²) in [7, 11) is 1.61. The fourth-order valence-electron chi connectivity index (χ4n) is 2.76. The first kappa shape index (κ1) is 23.1. The lowest BCUT2D eigenvalue weighted by atomic mass is 10.0. The lowest BCUT2D eigenvalue weighted by molar-refractivity contribution is -0.123. The van der Waals surface area contributed by atoms with Crippen molar-refractivity contribution in [3.63, 3.8) is 0 Å². The van der Waals surface area contributed by atoms with Crippen molar-refractivity contribution >= 4 is 21.8 Å². The van der Waals surface area contributed by atoms with Crippen molar-refractivity contribution in [1.29, 1.82) is 0 Å². The zero-order chi connectivity index (χ0) is 21.2. The molecule has 158 valence electrons. The van der Waals surface area contributed by atoms with Crippen molar-refractivity contribution in [2.24, 2.45) is 0 Å². The van der Waals surface area contributed by atoms with Crippen molar-refractivity contribution < 1.29 is 19.0 Å². The van der Waals surface area contributed by atoms with E-state index in [2.05, 4.69) is 42.0 Å². The first-order valence-electron chi connectivity index (χ1n) is 9.93. The molecule has 2 aromatic rings. The van der Waals surface area contributed by atoms with Gasteiger partial charge in [0.25, 0.3) is 5.91 Å². The predicted molar refractivity (Wildman–Crippen MR) is 119 cm³/mol. The molecule has 0 fully saturated rings. The van der Waals surface area contributed by atoms with Gasteiger partial charge in [-0.1, -0.05) is 49.2 Å². The maximum Gasteiger partial charge on any atom is 0.258 e. The van der Waals surface area contributed by atoms with Crippen molar-refractivity contribution in [1.82, 2.24) is 5.32 Å². The van der Waals surface area contributed by atoms with Crippen LogP contribution >= 0.6 is 15.9 Å². The number of halogens is 1. The Morgan fingerprint density at radius 1 is 1.07 bits per heavy atom. The van der Waals surface area contributed by atoms with Crippen LogP contribution in [0.2, 0.25) is 0 Å². The van der Waals surface area contributed by atoms with Gasteiger partial charge in [0.1, 0.15) is 5.75 Å². The second-order valence-corrected chi connectivity index (χ2v) is 8.01. The molecule has 0 aliphatic rings. The molecule has 0 aliphatic heterocycles. The van der Waals surface area contributed by atoms with Gasteiger partial charge in [-0.15, -0.1) is 0 Å². The van der Waals surface area contributed by atoms with Crippen LogP contribution in [0.4, 0.5) is 0 Å². The molecule has 0 saturated carbocycles. The van der Waals surface area contributed by atoms with E-state index in [4.69, 9.17) is 14.2 Å². The minimum Gasteiger partial charge on any atom is -0.493 e. The Morgan fingerprint density at radius 3 is 2.52 bits per heavy atom. The van der Waals surface area contributed by atoms with Crippen LogP contribution in [0.5, 0.6) is 17.2 Å². The highest BCUT2D eigenvalue weighted by Crippen LogP contribution is 2.30. The van der Waals surface area contributed by atoms with Gasteiger partial charge in [-0.05, 0) is 53.8 Å². The summed E-state index contributed by atoms with van der Waals surface area (Å²) in [6, 6.07) is 11.5. The fourth-order valence-corrected chi connectivity index (χ4v) is 3.14. The number of carbonyl (C=O) groups excluding carboxylic acids is 1. The van der Waals surface area contributed by atoms with E-state index in [1.807, 2.05) is 36.4 Å². The molecule has 0 bridgehead atoms. The molecule has 5 nitrogen and oxygen atoms in total. The Morgan fingerprint density at radius 2 is 1.83 bits per heavy atom. The summed E-state index contributed by atoms with van der Waals surface area (Å²) < 4.78 is 17.9. The smallest absolute Gasteiger partial charge is 0.258 e. The number of hydrogen-bond donors (Lipinski definition) is 1. The number of unbranched alkanes of at least 4 members (excludes halogenated alkanes) is 1. The van der Waals surface area contributed by atoms with E-state index >= 15 is 0 Å².